The Bertz CT molecular complexity index is 1590. The predicted molar refractivity (Wildman–Crippen MR) is 170 cm³/mol. The van der Waals surface area contributed by atoms with Crippen LogP contribution >= 0.6 is 27.3 Å². The van der Waals surface area contributed by atoms with E-state index in [-0.39, 0.29) is 36.2 Å². The van der Waals surface area contributed by atoms with Crippen LogP contribution in [0.4, 0.5) is 0 Å². The molecule has 1 atom stereocenters. The van der Waals surface area contributed by atoms with E-state index in [2.05, 4.69) is 15.9 Å². The first-order chi connectivity index (χ1) is 20.8. The van der Waals surface area contributed by atoms with Crippen LogP contribution in [0.15, 0.2) is 37.6 Å². The van der Waals surface area contributed by atoms with Crippen LogP contribution < -0.4 is 16.0 Å². The molecule has 2 aromatic heterocycles. The number of aryl methyl sites for hydroxylation is 1. The van der Waals surface area contributed by atoms with Crippen molar-refractivity contribution in [2.24, 2.45) is 0 Å². The van der Waals surface area contributed by atoms with Crippen molar-refractivity contribution >= 4 is 43.4 Å². The summed E-state index contributed by atoms with van der Waals surface area (Å²) < 4.78 is 22.0. The number of amides is 1. The van der Waals surface area contributed by atoms with Crippen LogP contribution in [0.3, 0.4) is 0 Å². The molecule has 1 aromatic carbocycles. The minimum absolute atomic E-state index is 0.0365. The van der Waals surface area contributed by atoms with Crippen molar-refractivity contribution in [2.75, 3.05) is 33.4 Å². The summed E-state index contributed by atoms with van der Waals surface area (Å²) in [4.78, 5) is 44.4. The van der Waals surface area contributed by atoms with Crippen molar-refractivity contribution in [1.82, 2.24) is 14.0 Å². The number of aromatic nitrogens is 2. The number of thiophene rings is 1. The average molecular weight is 675 g/mol. The van der Waals surface area contributed by atoms with Gasteiger partial charge in [-0.25, -0.2) is 4.79 Å². The van der Waals surface area contributed by atoms with E-state index in [1.807, 2.05) is 31.2 Å². The average Bonchev–Trinajstić information content (AvgIpc) is 3.78. The Kier molecular flexibility index (Phi) is 9.14. The van der Waals surface area contributed by atoms with E-state index in [9.17, 15) is 14.4 Å². The van der Waals surface area contributed by atoms with Gasteiger partial charge in [0.25, 0.3) is 5.56 Å². The first-order valence-corrected chi connectivity index (χ1v) is 17.0. The van der Waals surface area contributed by atoms with Crippen LogP contribution in [0.5, 0.6) is 5.75 Å². The molecule has 2 aliphatic carbocycles. The molecule has 0 spiro atoms. The third-order valence-electron chi connectivity index (χ3n) is 9.29. The number of methoxy groups -OCH3 is 1. The zero-order chi connectivity index (χ0) is 30.1. The number of nitrogens with zero attached hydrogens (tertiary/aromatic N) is 3. The van der Waals surface area contributed by atoms with Crippen LogP contribution in [0, 0.1) is 6.92 Å². The van der Waals surface area contributed by atoms with Gasteiger partial charge < -0.3 is 19.1 Å². The van der Waals surface area contributed by atoms with Gasteiger partial charge in [0.05, 0.1) is 54.1 Å². The number of rotatable bonds is 9. The Morgan fingerprint density at radius 2 is 1.81 bits per heavy atom. The van der Waals surface area contributed by atoms with Crippen LogP contribution in [-0.4, -0.2) is 59.5 Å². The summed E-state index contributed by atoms with van der Waals surface area (Å²) in [6, 6.07) is 7.80. The molecule has 232 valence electrons. The molecule has 3 aromatic rings. The van der Waals surface area contributed by atoms with Crippen molar-refractivity contribution in [1.29, 1.82) is 0 Å². The molecular formula is C32H40BrN3O6S. The molecule has 6 rings (SSSR count). The van der Waals surface area contributed by atoms with Gasteiger partial charge in [-0.05, 0) is 60.2 Å². The molecule has 9 nitrogen and oxygen atoms in total. The summed E-state index contributed by atoms with van der Waals surface area (Å²) in [5.74, 6) is 0.669. The van der Waals surface area contributed by atoms with Crippen molar-refractivity contribution in [3.63, 3.8) is 0 Å². The van der Waals surface area contributed by atoms with Gasteiger partial charge in [0.1, 0.15) is 16.7 Å². The molecular weight excluding hydrogens is 634 g/mol. The molecule has 1 unspecified atom stereocenters. The second-order valence-corrected chi connectivity index (χ2v) is 14.4. The lowest BCUT2D eigenvalue weighted by molar-refractivity contribution is -0.136. The highest BCUT2D eigenvalue weighted by molar-refractivity contribution is 9.11. The van der Waals surface area contributed by atoms with Gasteiger partial charge in [-0.2, -0.15) is 0 Å². The highest BCUT2D eigenvalue weighted by Crippen LogP contribution is 2.46. The molecule has 3 aliphatic rings. The fourth-order valence-corrected chi connectivity index (χ4v) is 8.34. The lowest BCUT2D eigenvalue weighted by atomic mass is 10.1. The molecule has 0 N–H and O–H groups in total. The maximum absolute atomic E-state index is 14.5. The smallest absolute Gasteiger partial charge is 0.332 e. The van der Waals surface area contributed by atoms with Gasteiger partial charge in [-0.1, -0.05) is 43.9 Å². The number of hydrogen-bond donors (Lipinski definition) is 0. The van der Waals surface area contributed by atoms with E-state index in [0.29, 0.717) is 55.1 Å². The Balaban J connectivity index is 1.44. The molecule has 0 radical (unpaired) electrons. The number of halogens is 1. The number of benzene rings is 1. The van der Waals surface area contributed by atoms with Gasteiger partial charge in [0.2, 0.25) is 5.91 Å². The monoisotopic (exact) mass is 673 g/mol. The minimum atomic E-state index is -0.817. The Labute approximate surface area is 263 Å². The van der Waals surface area contributed by atoms with Crippen molar-refractivity contribution in [2.45, 2.75) is 89.0 Å². The summed E-state index contributed by atoms with van der Waals surface area (Å²) in [6.07, 6.45) is 7.58. The van der Waals surface area contributed by atoms with Crippen LogP contribution in [0.1, 0.15) is 75.0 Å². The maximum Gasteiger partial charge on any atom is 0.332 e. The number of carbonyl (C=O) groups excluding carboxylic acids is 1. The van der Waals surface area contributed by atoms with Gasteiger partial charge in [-0.15, -0.1) is 11.3 Å². The number of carbonyl (C=O) groups is 1. The molecule has 2 saturated carbocycles. The van der Waals surface area contributed by atoms with E-state index >= 15 is 0 Å². The van der Waals surface area contributed by atoms with Crippen molar-refractivity contribution in [3.05, 3.63) is 60.0 Å². The topological polar surface area (TPSA) is 92.0 Å². The molecule has 1 saturated heterocycles. The lowest BCUT2D eigenvalue weighted by Crippen LogP contribution is -2.49. The molecule has 1 aliphatic heterocycles. The highest BCUT2D eigenvalue weighted by atomic mass is 79.9. The summed E-state index contributed by atoms with van der Waals surface area (Å²) in [6.45, 7) is 4.20. The highest BCUT2D eigenvalue weighted by Gasteiger charge is 2.50. The Morgan fingerprint density at radius 1 is 1.12 bits per heavy atom. The summed E-state index contributed by atoms with van der Waals surface area (Å²) in [7, 11) is 1.65. The van der Waals surface area contributed by atoms with E-state index in [1.54, 1.807) is 16.6 Å². The Hall–Kier alpha value is -2.47. The maximum atomic E-state index is 14.5. The lowest BCUT2D eigenvalue weighted by Gasteiger charge is -2.29. The fraction of sp³-hybridized carbons (Fsp3) is 0.594. The molecule has 3 heterocycles. The number of fused-ring (bicyclic) bond motifs is 1. The molecule has 11 heteroatoms. The van der Waals surface area contributed by atoms with Gasteiger partial charge in [0, 0.05) is 18.7 Å². The standard InChI is InChI=1S/C32H40BrN3O6S/c1-21-27-29(38)36(32(13-14-32)19-26(37)34-15-17-41-18-16-34)31(39)35(30(27)43-28(21)33)20-25(23-11-7-8-12-24(23)40-2)42-22-9-5-3-4-6-10-22/h7-8,11-12,22,25H,3-6,9-10,13-20H2,1-2H3. The fourth-order valence-electron chi connectivity index (χ4n) is 6.65. The Morgan fingerprint density at radius 3 is 2.49 bits per heavy atom. The quantitative estimate of drug-likeness (QED) is 0.278. The summed E-state index contributed by atoms with van der Waals surface area (Å²) in [5, 5.41) is 0.523. The second-order valence-electron chi connectivity index (χ2n) is 12.1. The largest absolute Gasteiger partial charge is 0.496 e. The first-order valence-electron chi connectivity index (χ1n) is 15.4. The van der Waals surface area contributed by atoms with E-state index in [1.165, 1.54) is 28.7 Å². The summed E-state index contributed by atoms with van der Waals surface area (Å²) >= 11 is 5.03. The number of hydrogen-bond acceptors (Lipinski definition) is 7. The van der Waals surface area contributed by atoms with E-state index in [4.69, 9.17) is 14.2 Å². The first kappa shape index (κ1) is 30.6. The predicted octanol–water partition coefficient (Wildman–Crippen LogP) is 5.52. The molecule has 3 fully saturated rings. The zero-order valence-corrected chi connectivity index (χ0v) is 27.3. The van der Waals surface area contributed by atoms with E-state index < -0.39 is 11.6 Å². The molecule has 1 amide bonds. The van der Waals surface area contributed by atoms with Crippen LogP contribution in [0.25, 0.3) is 10.2 Å². The van der Waals surface area contributed by atoms with Gasteiger partial charge >= 0.3 is 5.69 Å². The normalized spacial score (nSPS) is 19.7. The third kappa shape index (κ3) is 6.10. The summed E-state index contributed by atoms with van der Waals surface area (Å²) in [5.41, 5.74) is 0.163. The van der Waals surface area contributed by atoms with Crippen molar-refractivity contribution in [3.8, 4) is 5.75 Å². The van der Waals surface area contributed by atoms with Gasteiger partial charge in [-0.3, -0.25) is 18.7 Å². The van der Waals surface area contributed by atoms with Crippen molar-refractivity contribution < 1.29 is 19.0 Å². The van der Waals surface area contributed by atoms with Gasteiger partial charge in [0.15, 0.2) is 0 Å². The SMILES string of the molecule is COc1ccccc1C(Cn1c(=O)n(C2(CC(=O)N3CCOCC3)CC2)c(=O)c2c(C)c(Br)sc21)OC1CCCCCC1. The molecule has 43 heavy (non-hydrogen) atoms. The minimum Gasteiger partial charge on any atom is -0.496 e. The van der Waals surface area contributed by atoms with Crippen LogP contribution in [0.2, 0.25) is 0 Å². The zero-order valence-electron chi connectivity index (χ0n) is 24.9. The third-order valence-corrected chi connectivity index (χ3v) is 11.5. The number of para-hydroxylation sites is 1. The van der Waals surface area contributed by atoms with E-state index in [0.717, 1.165) is 40.6 Å². The number of morpholine rings is 1. The molecule has 0 bridgehead atoms. The number of ether oxygens (including phenoxy) is 3. The second kappa shape index (κ2) is 12.9. The van der Waals surface area contributed by atoms with Crippen LogP contribution in [-0.2, 0) is 26.4 Å².